The summed E-state index contributed by atoms with van der Waals surface area (Å²) in [4.78, 5) is 11.0. The highest BCUT2D eigenvalue weighted by atomic mass is 19.4. The second kappa shape index (κ2) is 5.19. The van der Waals surface area contributed by atoms with Crippen molar-refractivity contribution >= 4 is 5.78 Å². The Morgan fingerprint density at radius 2 is 1.83 bits per heavy atom. The van der Waals surface area contributed by atoms with E-state index >= 15 is 0 Å². The van der Waals surface area contributed by atoms with Gasteiger partial charge in [-0.15, -0.1) is 13.2 Å². The Hall–Kier alpha value is -1.86. The molecule has 0 radical (unpaired) electrons. The van der Waals surface area contributed by atoms with Crippen LogP contribution in [-0.4, -0.2) is 18.8 Å². The summed E-state index contributed by atoms with van der Waals surface area (Å²) in [7, 11) is 0. The number of Topliss-reactive ketones (excluding diaryl/α,β-unsaturated/α-hetero) is 1. The van der Waals surface area contributed by atoms with Crippen LogP contribution in [0, 0.1) is 0 Å². The van der Waals surface area contributed by atoms with E-state index in [1.54, 1.807) is 0 Å². The third-order valence-electron chi connectivity index (χ3n) is 1.79. The van der Waals surface area contributed by atoms with Crippen LogP contribution in [0.15, 0.2) is 18.2 Å². The molecule has 3 nitrogen and oxygen atoms in total. The first-order valence-corrected chi connectivity index (χ1v) is 4.54. The number of ether oxygens (including phenoxy) is 2. The van der Waals surface area contributed by atoms with Crippen LogP contribution < -0.4 is 9.47 Å². The van der Waals surface area contributed by atoms with Crippen molar-refractivity contribution in [2.45, 2.75) is 19.9 Å². The number of carbonyl (C=O) groups is 1. The topological polar surface area (TPSA) is 35.5 Å². The zero-order valence-electron chi connectivity index (χ0n) is 8.92. The molecule has 0 fully saturated rings. The van der Waals surface area contributed by atoms with E-state index in [2.05, 4.69) is 9.47 Å². The van der Waals surface area contributed by atoms with Crippen molar-refractivity contribution in [3.63, 3.8) is 0 Å². The second-order valence-corrected chi connectivity index (χ2v) is 3.14. The number of hydrogen-bond acceptors (Lipinski definition) is 3. The van der Waals surface area contributed by atoms with Crippen molar-refractivity contribution < 1.29 is 36.2 Å². The highest BCUT2D eigenvalue weighted by molar-refractivity contribution is 5.94. The van der Waals surface area contributed by atoms with Crippen LogP contribution in [0.5, 0.6) is 11.5 Å². The van der Waals surface area contributed by atoms with E-state index in [-0.39, 0.29) is 5.56 Å². The van der Waals surface area contributed by atoms with E-state index in [4.69, 9.17) is 0 Å². The van der Waals surface area contributed by atoms with Crippen molar-refractivity contribution in [3.8, 4) is 11.5 Å². The monoisotopic (exact) mass is 270 g/mol. The van der Waals surface area contributed by atoms with Crippen molar-refractivity contribution in [2.75, 3.05) is 0 Å². The quantitative estimate of drug-likeness (QED) is 0.621. The fourth-order valence-electron chi connectivity index (χ4n) is 1.12. The highest BCUT2D eigenvalue weighted by Crippen LogP contribution is 2.34. The van der Waals surface area contributed by atoms with Gasteiger partial charge < -0.3 is 9.47 Å². The van der Waals surface area contributed by atoms with Gasteiger partial charge in [0.2, 0.25) is 0 Å². The molecule has 0 aliphatic carbocycles. The van der Waals surface area contributed by atoms with Gasteiger partial charge in [-0.1, -0.05) is 0 Å². The summed E-state index contributed by atoms with van der Waals surface area (Å²) in [6.07, 6.45) is -5.07. The maximum atomic E-state index is 12.0. The second-order valence-electron chi connectivity index (χ2n) is 3.14. The average Bonchev–Trinajstić information content (AvgIpc) is 2.17. The Morgan fingerprint density at radius 1 is 1.22 bits per heavy atom. The van der Waals surface area contributed by atoms with Crippen LogP contribution in [-0.2, 0) is 0 Å². The van der Waals surface area contributed by atoms with E-state index in [0.29, 0.717) is 6.07 Å². The van der Waals surface area contributed by atoms with Crippen LogP contribution in [0.2, 0.25) is 0 Å². The van der Waals surface area contributed by atoms with Crippen molar-refractivity contribution in [1.29, 1.82) is 0 Å². The number of halogens is 5. The van der Waals surface area contributed by atoms with Crippen LogP contribution in [0.3, 0.4) is 0 Å². The fraction of sp³-hybridized carbons (Fsp3) is 0.300. The SMILES string of the molecule is CC(=O)c1ccc(OC(F)F)c(OC(F)(F)F)c1. The Kier molecular flexibility index (Phi) is 4.10. The first-order chi connectivity index (χ1) is 8.19. The van der Waals surface area contributed by atoms with Gasteiger partial charge in [-0.25, -0.2) is 0 Å². The van der Waals surface area contributed by atoms with Crippen LogP contribution in [0.25, 0.3) is 0 Å². The summed E-state index contributed by atoms with van der Waals surface area (Å²) in [5.41, 5.74) is -0.115. The van der Waals surface area contributed by atoms with Gasteiger partial charge in [0.1, 0.15) is 0 Å². The molecule has 0 bridgehead atoms. The molecule has 0 amide bonds. The predicted octanol–water partition coefficient (Wildman–Crippen LogP) is 3.39. The minimum atomic E-state index is -5.07. The molecule has 0 aromatic heterocycles. The third kappa shape index (κ3) is 4.19. The zero-order valence-corrected chi connectivity index (χ0v) is 8.92. The molecule has 100 valence electrons. The minimum absolute atomic E-state index is 0.115. The molecule has 0 N–H and O–H groups in total. The number of carbonyl (C=O) groups excluding carboxylic acids is 1. The van der Waals surface area contributed by atoms with Gasteiger partial charge in [-0.05, 0) is 25.1 Å². The number of benzene rings is 1. The molecule has 0 spiro atoms. The summed E-state index contributed by atoms with van der Waals surface area (Å²) in [5, 5.41) is 0. The third-order valence-corrected chi connectivity index (χ3v) is 1.79. The lowest BCUT2D eigenvalue weighted by atomic mass is 10.1. The molecule has 1 rings (SSSR count). The normalized spacial score (nSPS) is 11.5. The van der Waals surface area contributed by atoms with E-state index in [1.807, 2.05) is 0 Å². The number of ketones is 1. The van der Waals surface area contributed by atoms with Crippen molar-refractivity contribution in [1.82, 2.24) is 0 Å². The van der Waals surface area contributed by atoms with Crippen LogP contribution in [0.4, 0.5) is 22.0 Å². The van der Waals surface area contributed by atoms with Gasteiger partial charge in [0.05, 0.1) is 0 Å². The molecule has 0 unspecified atom stereocenters. The van der Waals surface area contributed by atoms with E-state index in [9.17, 15) is 26.7 Å². The molecule has 0 aliphatic rings. The number of hydrogen-bond donors (Lipinski definition) is 0. The van der Waals surface area contributed by atoms with Gasteiger partial charge in [0, 0.05) is 5.56 Å². The lowest BCUT2D eigenvalue weighted by Gasteiger charge is -2.14. The molecule has 1 aromatic carbocycles. The summed E-state index contributed by atoms with van der Waals surface area (Å²) in [6, 6.07) is 2.56. The number of alkyl halides is 5. The molecule has 1 aromatic rings. The Labute approximate surface area is 98.1 Å². The molecule has 0 saturated carbocycles. The van der Waals surface area contributed by atoms with E-state index in [1.165, 1.54) is 0 Å². The Balaban J connectivity index is 3.13. The summed E-state index contributed by atoms with van der Waals surface area (Å²) < 4.78 is 67.4. The number of rotatable bonds is 4. The molecule has 8 heteroatoms. The van der Waals surface area contributed by atoms with Gasteiger partial charge in [-0.3, -0.25) is 4.79 Å². The van der Waals surface area contributed by atoms with Crippen LogP contribution >= 0.6 is 0 Å². The van der Waals surface area contributed by atoms with E-state index in [0.717, 1.165) is 19.1 Å². The fourth-order valence-corrected chi connectivity index (χ4v) is 1.12. The summed E-state index contributed by atoms with van der Waals surface area (Å²) in [5.74, 6) is -2.33. The Morgan fingerprint density at radius 3 is 2.28 bits per heavy atom. The largest absolute Gasteiger partial charge is 0.573 e. The predicted molar refractivity (Wildman–Crippen MR) is 49.8 cm³/mol. The van der Waals surface area contributed by atoms with Crippen LogP contribution in [0.1, 0.15) is 17.3 Å². The maximum absolute atomic E-state index is 12.0. The smallest absolute Gasteiger partial charge is 0.431 e. The lowest BCUT2D eigenvalue weighted by Crippen LogP contribution is -2.18. The van der Waals surface area contributed by atoms with Gasteiger partial charge >= 0.3 is 13.0 Å². The summed E-state index contributed by atoms with van der Waals surface area (Å²) >= 11 is 0. The Bertz CT molecular complexity index is 442. The first kappa shape index (κ1) is 14.2. The molecule has 0 atom stereocenters. The van der Waals surface area contributed by atoms with Gasteiger partial charge in [0.25, 0.3) is 0 Å². The standard InChI is InChI=1S/C10H7F5O3/c1-5(16)6-2-3-7(17-9(11)12)8(4-6)18-10(13,14)15/h2-4,9H,1H3. The van der Waals surface area contributed by atoms with Crippen molar-refractivity contribution in [3.05, 3.63) is 23.8 Å². The van der Waals surface area contributed by atoms with Gasteiger partial charge in [-0.2, -0.15) is 8.78 Å². The highest BCUT2D eigenvalue weighted by Gasteiger charge is 2.33. The molecule has 18 heavy (non-hydrogen) atoms. The van der Waals surface area contributed by atoms with Crippen molar-refractivity contribution in [2.24, 2.45) is 0 Å². The van der Waals surface area contributed by atoms with Gasteiger partial charge in [0.15, 0.2) is 17.3 Å². The molecule has 0 aliphatic heterocycles. The molecular weight excluding hydrogens is 263 g/mol. The minimum Gasteiger partial charge on any atom is -0.431 e. The lowest BCUT2D eigenvalue weighted by molar-refractivity contribution is -0.275. The maximum Gasteiger partial charge on any atom is 0.573 e. The first-order valence-electron chi connectivity index (χ1n) is 4.54. The zero-order chi connectivity index (χ0) is 13.9. The average molecular weight is 270 g/mol. The summed E-state index contributed by atoms with van der Waals surface area (Å²) in [6.45, 7) is -2.19. The molecule has 0 heterocycles. The van der Waals surface area contributed by atoms with E-state index < -0.39 is 30.3 Å². The molecule has 0 saturated heterocycles. The molecular formula is C10H7F5O3.